The Balaban J connectivity index is 1.25. The van der Waals surface area contributed by atoms with E-state index in [1.54, 1.807) is 4.90 Å². The third kappa shape index (κ3) is 8.35. The minimum atomic E-state index is -0.671. The smallest absolute Gasteiger partial charge is 0.410 e. The zero-order chi connectivity index (χ0) is 32.3. The van der Waals surface area contributed by atoms with Gasteiger partial charge in [0.15, 0.2) is 11.5 Å². The molecule has 45 heavy (non-hydrogen) atoms. The molecule has 1 atom stereocenters. The Morgan fingerprint density at radius 3 is 2.22 bits per heavy atom. The third-order valence-electron chi connectivity index (χ3n) is 8.76. The van der Waals surface area contributed by atoms with Crippen LogP contribution in [0, 0.1) is 0 Å². The number of carbonyl (C=O) groups excluding carboxylic acids is 2. The van der Waals surface area contributed by atoms with E-state index in [-0.39, 0.29) is 29.6 Å². The number of benzene rings is 1. The van der Waals surface area contributed by atoms with Gasteiger partial charge < -0.3 is 35.2 Å². The zero-order valence-electron chi connectivity index (χ0n) is 27.7. The van der Waals surface area contributed by atoms with Crippen molar-refractivity contribution >= 4 is 29.2 Å². The van der Waals surface area contributed by atoms with E-state index in [2.05, 4.69) is 44.2 Å². The SMILES string of the molecule is CC(C)c1nc(C(N)=O)c(Nc2ccc(N3CCC(N4CCN(C)CC4)CC3)cc2)nc1O[C@@H]1CCN(C(=O)OC(C)(C)C)C1. The monoisotopic (exact) mass is 622 g/mol. The Morgan fingerprint density at radius 2 is 1.62 bits per heavy atom. The number of likely N-dealkylation sites (tertiary alicyclic amines) is 1. The number of primary amides is 1. The number of aromatic nitrogens is 2. The van der Waals surface area contributed by atoms with Gasteiger partial charge in [-0.05, 0) is 64.9 Å². The zero-order valence-corrected chi connectivity index (χ0v) is 27.7. The topological polar surface area (TPSA) is 129 Å². The van der Waals surface area contributed by atoms with Gasteiger partial charge in [-0.3, -0.25) is 9.69 Å². The van der Waals surface area contributed by atoms with Gasteiger partial charge in [-0.15, -0.1) is 0 Å². The molecule has 1 aromatic carbocycles. The van der Waals surface area contributed by atoms with Crippen LogP contribution in [0.25, 0.3) is 0 Å². The van der Waals surface area contributed by atoms with Crippen LogP contribution in [0.3, 0.4) is 0 Å². The van der Waals surface area contributed by atoms with Gasteiger partial charge in [0.25, 0.3) is 5.91 Å². The van der Waals surface area contributed by atoms with E-state index in [4.69, 9.17) is 20.2 Å². The first kappa shape index (κ1) is 32.7. The molecule has 3 fully saturated rings. The molecule has 2 aromatic rings. The first-order chi connectivity index (χ1) is 21.4. The standard InChI is InChI=1S/C33H50N8O4/c1-22(2)27-31(44-26-13-16-41(21-26)32(43)45-33(3,4)5)37-30(28(36-27)29(34)42)35-23-7-9-24(10-8-23)39-14-11-25(12-15-39)40-19-17-38(6)18-20-40/h7-10,22,25-26H,11-21H2,1-6H3,(H2,34,42)(H,35,37)/t26-/m1/s1. The molecule has 0 saturated carbocycles. The minimum Gasteiger partial charge on any atom is -0.471 e. The molecule has 0 radical (unpaired) electrons. The average Bonchev–Trinajstić information content (AvgIpc) is 3.46. The van der Waals surface area contributed by atoms with Crippen LogP contribution in [0.5, 0.6) is 5.88 Å². The average molecular weight is 623 g/mol. The third-order valence-corrected chi connectivity index (χ3v) is 8.76. The van der Waals surface area contributed by atoms with Crippen molar-refractivity contribution in [2.75, 3.05) is 69.6 Å². The number of hydrogen-bond acceptors (Lipinski definition) is 10. The lowest BCUT2D eigenvalue weighted by molar-refractivity contribution is 0.0274. The summed E-state index contributed by atoms with van der Waals surface area (Å²) in [5, 5.41) is 3.25. The highest BCUT2D eigenvalue weighted by Gasteiger charge is 2.33. The number of nitrogens with one attached hydrogen (secondary N) is 1. The summed E-state index contributed by atoms with van der Waals surface area (Å²) in [7, 11) is 2.20. The Morgan fingerprint density at radius 1 is 0.956 bits per heavy atom. The minimum absolute atomic E-state index is 0.0582. The Labute approximate surface area is 267 Å². The number of amides is 2. The number of anilines is 3. The molecule has 3 aliphatic heterocycles. The predicted molar refractivity (Wildman–Crippen MR) is 176 cm³/mol. The fraction of sp³-hybridized carbons (Fsp3) is 0.636. The summed E-state index contributed by atoms with van der Waals surface area (Å²) in [5.41, 5.74) is 7.72. The van der Waals surface area contributed by atoms with Crippen LogP contribution in [-0.4, -0.2) is 114 Å². The quantitative estimate of drug-likeness (QED) is 0.445. The Hall–Kier alpha value is -3.64. The van der Waals surface area contributed by atoms with Crippen molar-refractivity contribution in [1.29, 1.82) is 0 Å². The molecule has 3 saturated heterocycles. The van der Waals surface area contributed by atoms with Crippen LogP contribution < -0.4 is 20.7 Å². The molecule has 2 amide bonds. The molecule has 3 aliphatic rings. The van der Waals surface area contributed by atoms with Gasteiger partial charge in [0.1, 0.15) is 17.4 Å². The molecular weight excluding hydrogens is 572 g/mol. The highest BCUT2D eigenvalue weighted by molar-refractivity contribution is 5.96. The van der Waals surface area contributed by atoms with Crippen LogP contribution in [0.15, 0.2) is 24.3 Å². The van der Waals surface area contributed by atoms with Gasteiger partial charge in [0.05, 0.1) is 6.54 Å². The molecule has 0 bridgehead atoms. The molecule has 0 unspecified atom stereocenters. The number of carbonyl (C=O) groups is 2. The normalized spacial score (nSPS) is 20.5. The lowest BCUT2D eigenvalue weighted by Crippen LogP contribution is -2.52. The second-order valence-electron chi connectivity index (χ2n) is 13.8. The predicted octanol–water partition coefficient (Wildman–Crippen LogP) is 4.05. The van der Waals surface area contributed by atoms with Gasteiger partial charge in [0, 0.05) is 75.6 Å². The maximum absolute atomic E-state index is 12.6. The van der Waals surface area contributed by atoms with Gasteiger partial charge >= 0.3 is 6.09 Å². The number of ether oxygens (including phenoxy) is 2. The summed E-state index contributed by atoms with van der Waals surface area (Å²) >= 11 is 0. The van der Waals surface area contributed by atoms with Crippen molar-refractivity contribution in [3.8, 4) is 5.88 Å². The molecule has 5 rings (SSSR count). The number of piperazine rings is 1. The van der Waals surface area contributed by atoms with Crippen LogP contribution in [0.4, 0.5) is 22.0 Å². The maximum Gasteiger partial charge on any atom is 0.410 e. The van der Waals surface area contributed by atoms with Crippen molar-refractivity contribution < 1.29 is 19.1 Å². The van der Waals surface area contributed by atoms with E-state index in [1.807, 2.05) is 46.8 Å². The molecular formula is C33H50N8O4. The van der Waals surface area contributed by atoms with Gasteiger partial charge in [-0.1, -0.05) is 13.8 Å². The second-order valence-corrected chi connectivity index (χ2v) is 13.8. The van der Waals surface area contributed by atoms with Crippen molar-refractivity contribution in [3.63, 3.8) is 0 Å². The van der Waals surface area contributed by atoms with Gasteiger partial charge in [0.2, 0.25) is 5.88 Å². The van der Waals surface area contributed by atoms with E-state index < -0.39 is 11.5 Å². The summed E-state index contributed by atoms with van der Waals surface area (Å²) in [5.74, 6) is -0.170. The molecule has 1 aromatic heterocycles. The summed E-state index contributed by atoms with van der Waals surface area (Å²) in [6, 6.07) is 8.83. The fourth-order valence-corrected chi connectivity index (χ4v) is 6.20. The van der Waals surface area contributed by atoms with E-state index in [9.17, 15) is 9.59 Å². The van der Waals surface area contributed by atoms with E-state index >= 15 is 0 Å². The van der Waals surface area contributed by atoms with E-state index in [1.165, 1.54) is 18.5 Å². The number of likely N-dealkylation sites (N-methyl/N-ethyl adjacent to an activating group) is 1. The summed E-state index contributed by atoms with van der Waals surface area (Å²) in [6.45, 7) is 17.1. The maximum atomic E-state index is 12.6. The number of nitrogens with two attached hydrogens (primary N) is 1. The molecule has 12 nitrogen and oxygen atoms in total. The Bertz CT molecular complexity index is 1330. The summed E-state index contributed by atoms with van der Waals surface area (Å²) in [4.78, 5) is 43.5. The highest BCUT2D eigenvalue weighted by atomic mass is 16.6. The number of piperidine rings is 1. The van der Waals surface area contributed by atoms with Gasteiger partial charge in [-0.25, -0.2) is 9.78 Å². The molecule has 12 heteroatoms. The molecule has 4 heterocycles. The van der Waals surface area contributed by atoms with Crippen molar-refractivity contribution in [3.05, 3.63) is 35.7 Å². The van der Waals surface area contributed by atoms with Crippen LogP contribution in [0.2, 0.25) is 0 Å². The van der Waals surface area contributed by atoms with Crippen LogP contribution in [0.1, 0.15) is 76.0 Å². The Kier molecular flexibility index (Phi) is 10.0. The molecule has 0 spiro atoms. The van der Waals surface area contributed by atoms with Crippen molar-refractivity contribution in [2.45, 2.75) is 77.5 Å². The first-order valence-corrected chi connectivity index (χ1v) is 16.3. The lowest BCUT2D eigenvalue weighted by atomic mass is 10.0. The number of hydrogen-bond donors (Lipinski definition) is 2. The van der Waals surface area contributed by atoms with Crippen LogP contribution in [-0.2, 0) is 4.74 Å². The fourth-order valence-electron chi connectivity index (χ4n) is 6.20. The van der Waals surface area contributed by atoms with Crippen molar-refractivity contribution in [1.82, 2.24) is 24.7 Å². The van der Waals surface area contributed by atoms with E-state index in [0.29, 0.717) is 37.1 Å². The number of rotatable bonds is 8. The first-order valence-electron chi connectivity index (χ1n) is 16.3. The summed E-state index contributed by atoms with van der Waals surface area (Å²) in [6.07, 6.45) is 2.33. The molecule has 246 valence electrons. The van der Waals surface area contributed by atoms with Crippen molar-refractivity contribution in [2.24, 2.45) is 5.73 Å². The largest absolute Gasteiger partial charge is 0.471 e. The van der Waals surface area contributed by atoms with E-state index in [0.717, 1.165) is 45.0 Å². The van der Waals surface area contributed by atoms with Crippen LogP contribution >= 0.6 is 0 Å². The highest BCUT2D eigenvalue weighted by Crippen LogP contribution is 2.31. The lowest BCUT2D eigenvalue weighted by Gasteiger charge is -2.42. The second kappa shape index (κ2) is 13.8. The van der Waals surface area contributed by atoms with Gasteiger partial charge in [-0.2, -0.15) is 4.98 Å². The molecule has 3 N–H and O–H groups in total. The summed E-state index contributed by atoms with van der Waals surface area (Å²) < 4.78 is 11.8. The number of nitrogens with zero attached hydrogens (tertiary/aromatic N) is 6. The molecule has 0 aliphatic carbocycles.